The smallest absolute Gasteiger partial charge is 0.258 e. The van der Waals surface area contributed by atoms with Crippen LogP contribution in [0.2, 0.25) is 0 Å². The second-order valence-corrected chi connectivity index (χ2v) is 6.30. The van der Waals surface area contributed by atoms with Gasteiger partial charge in [-0.1, -0.05) is 6.07 Å². The lowest BCUT2D eigenvalue weighted by Crippen LogP contribution is -2.40. The lowest BCUT2D eigenvalue weighted by molar-refractivity contribution is -0.124. The number of carbonyl (C=O) groups excluding carboxylic acids is 1. The van der Waals surface area contributed by atoms with Gasteiger partial charge in [0.25, 0.3) is 5.91 Å². The van der Waals surface area contributed by atoms with Gasteiger partial charge < -0.3 is 10.1 Å². The third-order valence-electron chi connectivity index (χ3n) is 4.44. The summed E-state index contributed by atoms with van der Waals surface area (Å²) in [6, 6.07) is 6.35. The highest BCUT2D eigenvalue weighted by atomic mass is 16.5. The maximum Gasteiger partial charge on any atom is 0.258 e. The quantitative estimate of drug-likeness (QED) is 0.865. The van der Waals surface area contributed by atoms with E-state index in [4.69, 9.17) is 4.74 Å². The largest absolute Gasteiger partial charge is 0.484 e. The van der Waals surface area contributed by atoms with Crippen molar-refractivity contribution in [2.24, 2.45) is 11.8 Å². The standard InChI is InChI=1S/C17H23NO2/c1-11-3-8-15(9-12(11)2)20-10-16(19)18-17(13-4-5-13)14-6-7-14/h3,8-9,13-14,17H,4-7,10H2,1-2H3,(H,18,19). The Labute approximate surface area is 120 Å². The first-order valence-electron chi connectivity index (χ1n) is 7.63. The molecule has 0 heterocycles. The third kappa shape index (κ3) is 3.33. The first kappa shape index (κ1) is 13.5. The van der Waals surface area contributed by atoms with Crippen molar-refractivity contribution < 1.29 is 9.53 Å². The highest BCUT2D eigenvalue weighted by Crippen LogP contribution is 2.44. The van der Waals surface area contributed by atoms with Crippen LogP contribution in [0.25, 0.3) is 0 Å². The third-order valence-corrected chi connectivity index (χ3v) is 4.44. The van der Waals surface area contributed by atoms with E-state index in [-0.39, 0.29) is 12.5 Å². The van der Waals surface area contributed by atoms with E-state index in [1.54, 1.807) is 0 Å². The first-order valence-corrected chi connectivity index (χ1v) is 7.63. The first-order chi connectivity index (χ1) is 9.63. The molecule has 1 aromatic rings. The van der Waals surface area contributed by atoms with Crippen LogP contribution in [0.4, 0.5) is 0 Å². The number of ether oxygens (including phenoxy) is 1. The lowest BCUT2D eigenvalue weighted by atomic mass is 10.1. The van der Waals surface area contributed by atoms with Crippen LogP contribution in [0, 0.1) is 25.7 Å². The van der Waals surface area contributed by atoms with Crippen LogP contribution in [0.1, 0.15) is 36.8 Å². The molecule has 0 atom stereocenters. The van der Waals surface area contributed by atoms with Gasteiger partial charge in [0.05, 0.1) is 0 Å². The molecule has 0 saturated heterocycles. The number of hydrogen-bond donors (Lipinski definition) is 1. The Bertz CT molecular complexity index is 492. The van der Waals surface area contributed by atoms with Gasteiger partial charge in [-0.3, -0.25) is 4.79 Å². The fourth-order valence-corrected chi connectivity index (χ4v) is 2.71. The summed E-state index contributed by atoms with van der Waals surface area (Å²) in [4.78, 5) is 12.0. The van der Waals surface area contributed by atoms with Crippen molar-refractivity contribution in [2.45, 2.75) is 45.6 Å². The molecule has 2 saturated carbocycles. The molecule has 0 radical (unpaired) electrons. The van der Waals surface area contributed by atoms with Crippen LogP contribution in [0.5, 0.6) is 5.75 Å². The predicted molar refractivity (Wildman–Crippen MR) is 78.8 cm³/mol. The second kappa shape index (κ2) is 5.47. The number of hydrogen-bond acceptors (Lipinski definition) is 2. The Balaban J connectivity index is 1.49. The van der Waals surface area contributed by atoms with Gasteiger partial charge in [0.1, 0.15) is 5.75 Å². The van der Waals surface area contributed by atoms with Crippen molar-refractivity contribution in [3.05, 3.63) is 29.3 Å². The summed E-state index contributed by atoms with van der Waals surface area (Å²) in [5.41, 5.74) is 2.43. The van der Waals surface area contributed by atoms with Crippen molar-refractivity contribution >= 4 is 5.91 Å². The average molecular weight is 273 g/mol. The van der Waals surface area contributed by atoms with Crippen LogP contribution >= 0.6 is 0 Å². The molecule has 0 aromatic heterocycles. The Morgan fingerprint density at radius 1 is 1.20 bits per heavy atom. The van der Waals surface area contributed by atoms with Crippen LogP contribution < -0.4 is 10.1 Å². The number of aryl methyl sites for hydroxylation is 2. The Kier molecular flexibility index (Phi) is 3.68. The van der Waals surface area contributed by atoms with Crippen molar-refractivity contribution in [1.82, 2.24) is 5.32 Å². The minimum absolute atomic E-state index is 0.0204. The molecule has 0 aliphatic heterocycles. The van der Waals surface area contributed by atoms with Crippen LogP contribution in [0.15, 0.2) is 18.2 Å². The minimum Gasteiger partial charge on any atom is -0.484 e. The molecule has 1 N–H and O–H groups in total. The number of nitrogens with one attached hydrogen (secondary N) is 1. The van der Waals surface area contributed by atoms with Gasteiger partial charge in [-0.15, -0.1) is 0 Å². The molecule has 2 aliphatic carbocycles. The van der Waals surface area contributed by atoms with E-state index < -0.39 is 0 Å². The van der Waals surface area contributed by atoms with Crippen molar-refractivity contribution in [2.75, 3.05) is 6.61 Å². The fourth-order valence-electron chi connectivity index (χ4n) is 2.71. The summed E-state index contributed by atoms with van der Waals surface area (Å²) in [7, 11) is 0. The molecular weight excluding hydrogens is 250 g/mol. The molecule has 20 heavy (non-hydrogen) atoms. The molecule has 3 nitrogen and oxygen atoms in total. The van der Waals surface area contributed by atoms with Gasteiger partial charge in [0.15, 0.2) is 6.61 Å². The molecule has 2 aliphatic rings. The van der Waals surface area contributed by atoms with E-state index in [0.29, 0.717) is 6.04 Å². The average Bonchev–Trinajstić information content (AvgIpc) is 3.28. The number of carbonyl (C=O) groups is 1. The highest BCUT2D eigenvalue weighted by Gasteiger charge is 2.42. The molecule has 1 aromatic carbocycles. The van der Waals surface area contributed by atoms with Gasteiger partial charge in [0.2, 0.25) is 0 Å². The highest BCUT2D eigenvalue weighted by molar-refractivity contribution is 5.78. The van der Waals surface area contributed by atoms with E-state index in [1.165, 1.54) is 36.8 Å². The van der Waals surface area contributed by atoms with Gasteiger partial charge in [-0.2, -0.15) is 0 Å². The molecule has 0 spiro atoms. The summed E-state index contributed by atoms with van der Waals surface area (Å²) >= 11 is 0. The zero-order valence-electron chi connectivity index (χ0n) is 12.3. The van der Waals surface area contributed by atoms with E-state index in [9.17, 15) is 4.79 Å². The molecule has 2 fully saturated rings. The van der Waals surface area contributed by atoms with E-state index in [1.807, 2.05) is 18.2 Å². The molecule has 108 valence electrons. The molecular formula is C17H23NO2. The molecule has 0 unspecified atom stereocenters. The fraction of sp³-hybridized carbons (Fsp3) is 0.588. The summed E-state index contributed by atoms with van der Waals surface area (Å²) in [6.45, 7) is 4.25. The van der Waals surface area contributed by atoms with Crippen molar-refractivity contribution in [1.29, 1.82) is 0 Å². The summed E-state index contributed by atoms with van der Waals surface area (Å²) in [6.07, 6.45) is 5.11. The Morgan fingerprint density at radius 2 is 1.85 bits per heavy atom. The predicted octanol–water partition coefficient (Wildman–Crippen LogP) is 2.99. The van der Waals surface area contributed by atoms with E-state index in [0.717, 1.165) is 17.6 Å². The zero-order chi connectivity index (χ0) is 14.1. The maximum atomic E-state index is 12.0. The Morgan fingerprint density at radius 3 is 2.40 bits per heavy atom. The molecule has 3 rings (SSSR count). The Hall–Kier alpha value is -1.51. The van der Waals surface area contributed by atoms with Crippen LogP contribution in [0.3, 0.4) is 0 Å². The topological polar surface area (TPSA) is 38.3 Å². The summed E-state index contributed by atoms with van der Waals surface area (Å²) < 4.78 is 5.59. The van der Waals surface area contributed by atoms with E-state index in [2.05, 4.69) is 19.2 Å². The van der Waals surface area contributed by atoms with E-state index >= 15 is 0 Å². The van der Waals surface area contributed by atoms with Crippen LogP contribution in [-0.2, 0) is 4.79 Å². The monoisotopic (exact) mass is 273 g/mol. The SMILES string of the molecule is Cc1ccc(OCC(=O)NC(C2CC2)C2CC2)cc1C. The zero-order valence-corrected chi connectivity index (χ0v) is 12.3. The van der Waals surface area contributed by atoms with Crippen molar-refractivity contribution in [3.63, 3.8) is 0 Å². The second-order valence-electron chi connectivity index (χ2n) is 6.30. The summed E-state index contributed by atoms with van der Waals surface area (Å²) in [5, 5.41) is 3.17. The summed E-state index contributed by atoms with van der Waals surface area (Å²) in [5.74, 6) is 2.26. The lowest BCUT2D eigenvalue weighted by Gasteiger charge is -2.17. The molecule has 0 bridgehead atoms. The number of rotatable bonds is 6. The number of amides is 1. The molecule has 3 heteroatoms. The molecule has 1 amide bonds. The van der Waals surface area contributed by atoms with Gasteiger partial charge in [-0.05, 0) is 74.6 Å². The van der Waals surface area contributed by atoms with Gasteiger partial charge in [0, 0.05) is 6.04 Å². The maximum absolute atomic E-state index is 12.0. The van der Waals surface area contributed by atoms with Gasteiger partial charge >= 0.3 is 0 Å². The minimum atomic E-state index is 0.0204. The van der Waals surface area contributed by atoms with Crippen LogP contribution in [-0.4, -0.2) is 18.6 Å². The number of benzene rings is 1. The van der Waals surface area contributed by atoms with Gasteiger partial charge in [-0.25, -0.2) is 0 Å². The van der Waals surface area contributed by atoms with Crippen molar-refractivity contribution in [3.8, 4) is 5.75 Å². The normalized spacial score (nSPS) is 18.1.